The number of nitrogens with zero attached hydrogens (tertiary/aromatic N) is 3. The number of aromatic nitrogens is 2. The second kappa shape index (κ2) is 25.6. The standard InChI is InChI=1S/C32H35FN4O5.C16H20N5O8.CH3NO.Pb/c1-4-17-19-10-25-29-20(13-37(25)30(39)21(19)14-41-31(17)40)27-22(32(8-5-9-32)42-15-35-26(38)12-34-3)7-6-18-16(2)23(33)11-24(36-29)28(18)27;1-9(8-22)20-12(24)6-18-11(23)5-19-16(29)10(4-17-7-15(27)28)21-13(25)2-3-14(21)26;2-1-3;/h10-11,17,22,34H,4-9,12-15H2,1-3H3,(H,35,38);2-3,8-10,17H,1,4-7H2,(H,18,23)(H,19,29)(H,20,24)(H,27,28);1H,(H2,2,3);. The molecule has 5 heterocycles. The Labute approximate surface area is 444 Å². The fourth-order valence-corrected chi connectivity index (χ4v) is 10.7. The van der Waals surface area contributed by atoms with Crippen molar-refractivity contribution >= 4 is 96.7 Å². The van der Waals surface area contributed by atoms with Gasteiger partial charge in [-0.15, -0.1) is 0 Å². The minimum absolute atomic E-state index is 0.00277. The van der Waals surface area contributed by atoms with Gasteiger partial charge in [0.15, 0.2) is 0 Å². The second-order valence-electron chi connectivity index (χ2n) is 18.1. The molecule has 2 aliphatic carbocycles. The third-order valence-corrected chi connectivity index (χ3v) is 15.4. The van der Waals surface area contributed by atoms with Gasteiger partial charge in [0.05, 0.1) is 53.6 Å². The number of carboxylic acid groups (broad SMARTS) is 1. The summed E-state index contributed by atoms with van der Waals surface area (Å²) in [6.45, 7) is 2.57. The van der Waals surface area contributed by atoms with E-state index in [0.717, 1.165) is 59.9 Å². The Morgan fingerprint density at radius 2 is 1.67 bits per heavy atom. The molecule has 3 radical (unpaired) electrons. The van der Waals surface area contributed by atoms with Crippen molar-refractivity contribution in [2.45, 2.75) is 99.0 Å². The van der Waals surface area contributed by atoms with Crippen LogP contribution in [0.25, 0.3) is 22.3 Å². The third-order valence-electron chi connectivity index (χ3n) is 13.7. The van der Waals surface area contributed by atoms with E-state index in [-0.39, 0.29) is 62.0 Å². The number of likely N-dealkylation sites (N-methyl/N-ethyl adjacent to an activating group) is 1. The molecule has 75 heavy (non-hydrogen) atoms. The number of nitrogens with two attached hydrogens (primary N) is 1. The molecule has 24 nitrogen and oxygen atoms in total. The van der Waals surface area contributed by atoms with E-state index < -0.39 is 78.7 Å². The Morgan fingerprint density at radius 1 is 0.987 bits per heavy atom. The van der Waals surface area contributed by atoms with Crippen LogP contribution < -0.4 is 43.2 Å². The molecule has 2 aromatic heterocycles. The van der Waals surface area contributed by atoms with Gasteiger partial charge in [0.2, 0.25) is 12.3 Å². The van der Waals surface area contributed by atoms with Crippen molar-refractivity contribution in [3.63, 3.8) is 0 Å². The molecule has 1 aromatic carbocycles. The van der Waals surface area contributed by atoms with Crippen LogP contribution in [0.3, 0.4) is 0 Å². The summed E-state index contributed by atoms with van der Waals surface area (Å²) >= 11 is 0.709. The number of carbonyl (C=O) groups excluding carboxylic acids is 9. The summed E-state index contributed by atoms with van der Waals surface area (Å²) in [5.41, 5.74) is 10.3. The molecule has 7 amide bonds. The molecule has 5 aliphatic rings. The van der Waals surface area contributed by atoms with Crippen LogP contribution in [0.5, 0.6) is 0 Å². The van der Waals surface area contributed by atoms with Crippen LogP contribution in [0.4, 0.5) is 4.39 Å². The van der Waals surface area contributed by atoms with Gasteiger partial charge in [-0.05, 0) is 80.8 Å². The summed E-state index contributed by atoms with van der Waals surface area (Å²) in [5.74, 6) is -6.10. The van der Waals surface area contributed by atoms with Gasteiger partial charge in [0.25, 0.3) is 17.4 Å². The molecular weight excluding hydrogens is 1180 g/mol. The van der Waals surface area contributed by atoms with Crippen molar-refractivity contribution in [1.29, 1.82) is 0 Å². The summed E-state index contributed by atoms with van der Waals surface area (Å²) in [7, 11) is 1.72. The number of amides is 7. The Kier molecular flexibility index (Phi) is 19.6. The number of hydrogen-bond donors (Lipinski definition) is 8. The average molecular weight is 1240 g/mol. The first-order valence-corrected chi connectivity index (χ1v) is 26.8. The summed E-state index contributed by atoms with van der Waals surface area (Å²) in [6, 6.07) is 1.46. The normalized spacial score (nSPS) is 18.0. The zero-order chi connectivity index (χ0) is 54.7. The van der Waals surface area contributed by atoms with Gasteiger partial charge < -0.3 is 40.8 Å². The number of carboxylic acids is 1. The summed E-state index contributed by atoms with van der Waals surface area (Å²) < 4.78 is 29.4. The Morgan fingerprint density at radius 3 is 2.28 bits per heavy atom. The SMILES string of the molecule is CCC1C(=O)OCc2c1cc1n(c2=O)Cc2c-1nc1cc(F)c(C)c3c1c2C(C1(OCNC(=O)CNC)CCC1)CC3.NC=O.O=CC([CH2][Pb])NC(=O)CNC(=O)CNC(=O)C(CNCC(=O)O)N1C(=O)C=CC1=O. The molecule has 26 heteroatoms. The van der Waals surface area contributed by atoms with E-state index in [0.29, 0.717) is 93.9 Å². The molecule has 1 saturated carbocycles. The topological polar surface area (TPSA) is 346 Å². The van der Waals surface area contributed by atoms with Crippen molar-refractivity contribution < 1.29 is 66.9 Å². The molecule has 9 N–H and O–H groups in total. The molecule has 4 unspecified atom stereocenters. The van der Waals surface area contributed by atoms with Crippen LogP contribution in [0.1, 0.15) is 84.2 Å². The van der Waals surface area contributed by atoms with E-state index in [9.17, 15) is 47.9 Å². The number of aliphatic carboxylic acids is 1. The van der Waals surface area contributed by atoms with E-state index >= 15 is 4.39 Å². The van der Waals surface area contributed by atoms with Gasteiger partial charge in [-0.1, -0.05) is 6.92 Å². The van der Waals surface area contributed by atoms with E-state index in [1.165, 1.54) is 6.07 Å². The predicted octanol–water partition coefficient (Wildman–Crippen LogP) is -1.76. The number of aryl methyl sites for hydroxylation is 1. The number of imide groups is 1. The predicted molar refractivity (Wildman–Crippen MR) is 264 cm³/mol. The van der Waals surface area contributed by atoms with E-state index in [1.54, 1.807) is 11.6 Å². The van der Waals surface area contributed by atoms with Crippen LogP contribution in [-0.2, 0) is 77.0 Å². The number of hydrogen-bond acceptors (Lipinski definition) is 16. The quantitative estimate of drug-likeness (QED) is 0.0160. The number of fused-ring (bicyclic) bond motifs is 5. The van der Waals surface area contributed by atoms with E-state index in [2.05, 4.69) is 37.6 Å². The second-order valence-corrected chi connectivity index (χ2v) is 19.7. The van der Waals surface area contributed by atoms with Gasteiger partial charge in [-0.25, -0.2) is 9.37 Å². The molecule has 8 rings (SSSR count). The zero-order valence-corrected chi connectivity index (χ0v) is 45.3. The third kappa shape index (κ3) is 12.6. The molecule has 4 atom stereocenters. The Bertz CT molecular complexity index is 2870. The van der Waals surface area contributed by atoms with Crippen molar-refractivity contribution in [3.05, 3.63) is 73.8 Å². The number of carbonyl (C=O) groups is 10. The summed E-state index contributed by atoms with van der Waals surface area (Å²) in [6.07, 6.45) is 7.51. The Balaban J connectivity index is 0.000000246. The average Bonchev–Trinajstić information content (AvgIpc) is 3.91. The number of rotatable bonds is 20. The van der Waals surface area contributed by atoms with Crippen molar-refractivity contribution in [2.75, 3.05) is 46.5 Å². The van der Waals surface area contributed by atoms with Gasteiger partial charge >= 0.3 is 137 Å². The van der Waals surface area contributed by atoms with Crippen molar-refractivity contribution in [2.24, 2.45) is 5.73 Å². The van der Waals surface area contributed by atoms with Gasteiger partial charge in [-0.2, -0.15) is 0 Å². The molecule has 1 fully saturated rings. The van der Waals surface area contributed by atoms with Gasteiger partial charge in [0.1, 0.15) is 19.2 Å². The molecule has 0 bridgehead atoms. The minimum Gasteiger partial charge on any atom is -0.480 e. The van der Waals surface area contributed by atoms with Crippen molar-refractivity contribution in [1.82, 2.24) is 46.4 Å². The van der Waals surface area contributed by atoms with Crippen molar-refractivity contribution in [3.8, 4) is 11.4 Å². The first kappa shape index (κ1) is 57.4. The van der Waals surface area contributed by atoms with Gasteiger partial charge in [-0.3, -0.25) is 33.6 Å². The monoisotopic (exact) mass is 1240 g/mol. The number of pyridine rings is 2. The molecule has 0 spiro atoms. The number of halogens is 1. The number of benzene rings is 1. The van der Waals surface area contributed by atoms with E-state index in [1.807, 2.05) is 19.9 Å². The van der Waals surface area contributed by atoms with Crippen LogP contribution in [0.15, 0.2) is 29.1 Å². The fourth-order valence-electron chi connectivity index (χ4n) is 9.96. The number of cyclic esters (lactones) is 1. The summed E-state index contributed by atoms with van der Waals surface area (Å²) in [5, 5.41) is 24.7. The minimum atomic E-state index is -1.38. The molecule has 3 aromatic rings. The fraction of sp³-hybridized carbons (Fsp3) is 0.469. The molecule has 0 saturated heterocycles. The van der Waals surface area contributed by atoms with Crippen LogP contribution >= 0.6 is 0 Å². The first-order valence-electron chi connectivity index (χ1n) is 24.1. The molecule has 399 valence electrons. The number of primary amides is 1. The molecular formula is C49H58FN10O14Pb. The molecule has 3 aliphatic heterocycles. The van der Waals surface area contributed by atoms with Crippen LogP contribution in [-0.4, -0.2) is 170 Å². The number of ether oxygens (including phenoxy) is 2. The zero-order valence-electron chi connectivity index (χ0n) is 41.4. The maximum atomic E-state index is 15.2. The number of aldehydes is 1. The smallest absolute Gasteiger partial charge is 0.480 e. The van der Waals surface area contributed by atoms with E-state index in [4.69, 9.17) is 24.4 Å². The maximum absolute atomic E-state index is 15.2. The first-order chi connectivity index (χ1) is 35.9. The number of nitrogens with one attached hydrogen (secondary N) is 6. The van der Waals surface area contributed by atoms with Crippen LogP contribution in [0.2, 0.25) is 3.98 Å². The Hall–Kier alpha value is -6.85. The van der Waals surface area contributed by atoms with Gasteiger partial charge in [0, 0.05) is 35.1 Å². The number of esters is 1. The summed E-state index contributed by atoms with van der Waals surface area (Å²) in [4.78, 5) is 134. The van der Waals surface area contributed by atoms with Crippen LogP contribution in [0, 0.1) is 12.7 Å².